The van der Waals surface area contributed by atoms with E-state index in [1.54, 1.807) is 0 Å². The first-order valence-electron chi connectivity index (χ1n) is 18.2. The standard InChI is InChI=1S/C46H47NO2/c1-31-15-20-35-38(27-31)40-36-13-9-10-14-39(36)45(29-43(2,3)28-44(4,5)30-45)41(40)37-21-22-46(49-42(35)37,32-11-7-6-8-12-32)33-16-18-34(19-17-33)47-23-25-48-26-24-47/h6-22,27H,23-26,28-30H2,1-5H3. The average Bonchev–Trinajstić information content (AvgIpc) is 3.36. The zero-order valence-electron chi connectivity index (χ0n) is 29.6. The summed E-state index contributed by atoms with van der Waals surface area (Å²) in [5.41, 5.74) is 11.3. The molecule has 2 aliphatic carbocycles. The molecular formula is C46H47NO2. The summed E-state index contributed by atoms with van der Waals surface area (Å²) in [7, 11) is 0. The Bertz CT molecular complexity index is 2100. The van der Waals surface area contributed by atoms with Crippen LogP contribution in [0, 0.1) is 17.8 Å². The molecule has 5 aromatic rings. The van der Waals surface area contributed by atoms with Gasteiger partial charge in [0.1, 0.15) is 5.75 Å². The van der Waals surface area contributed by atoms with Crippen LogP contribution in [0.2, 0.25) is 0 Å². The van der Waals surface area contributed by atoms with Gasteiger partial charge in [-0.05, 0) is 82.9 Å². The van der Waals surface area contributed by atoms with Gasteiger partial charge in [-0.2, -0.15) is 0 Å². The number of nitrogens with zero attached hydrogens (tertiary/aromatic N) is 1. The Hall–Kier alpha value is -4.34. The topological polar surface area (TPSA) is 21.7 Å². The molecule has 5 aromatic carbocycles. The summed E-state index contributed by atoms with van der Waals surface area (Å²) in [5.74, 6) is 1.01. The summed E-state index contributed by atoms with van der Waals surface area (Å²) in [6.07, 6.45) is 8.25. The molecule has 0 radical (unpaired) electrons. The van der Waals surface area contributed by atoms with Gasteiger partial charge < -0.3 is 14.4 Å². The minimum atomic E-state index is -0.770. The van der Waals surface area contributed by atoms with Gasteiger partial charge in [-0.15, -0.1) is 0 Å². The lowest BCUT2D eigenvalue weighted by atomic mass is 9.52. The first-order valence-corrected chi connectivity index (χ1v) is 18.2. The SMILES string of the molecule is Cc1ccc2c3c(c4c(c2c1)-c1ccccc1C41CC(C)(C)CC(C)(C)C1)C=CC(c1ccccc1)(c1ccc(N2CCOCC2)cc1)O3. The first-order chi connectivity index (χ1) is 23.6. The molecule has 2 fully saturated rings. The van der Waals surface area contributed by atoms with Crippen LogP contribution in [0.15, 0.2) is 103 Å². The Morgan fingerprint density at radius 2 is 1.35 bits per heavy atom. The predicted molar refractivity (Wildman–Crippen MR) is 203 cm³/mol. The highest BCUT2D eigenvalue weighted by Crippen LogP contribution is 2.66. The maximum Gasteiger partial charge on any atom is 0.178 e. The molecule has 0 N–H and O–H groups in total. The fourth-order valence-electron chi connectivity index (χ4n) is 10.7. The molecule has 1 spiro atoms. The van der Waals surface area contributed by atoms with E-state index < -0.39 is 5.60 Å². The second-order valence-electron chi connectivity index (χ2n) is 16.7. The quantitative estimate of drug-likeness (QED) is 0.195. The summed E-state index contributed by atoms with van der Waals surface area (Å²) in [6, 6.07) is 36.1. The van der Waals surface area contributed by atoms with Crippen LogP contribution in [0.3, 0.4) is 0 Å². The van der Waals surface area contributed by atoms with Crippen LogP contribution in [0.5, 0.6) is 5.75 Å². The van der Waals surface area contributed by atoms with Crippen LogP contribution < -0.4 is 9.64 Å². The van der Waals surface area contributed by atoms with E-state index in [0.29, 0.717) is 0 Å². The molecule has 2 heterocycles. The zero-order valence-corrected chi connectivity index (χ0v) is 29.6. The van der Waals surface area contributed by atoms with Crippen molar-refractivity contribution >= 4 is 22.5 Å². The molecule has 3 heteroatoms. The number of fused-ring (bicyclic) bond motifs is 10. The van der Waals surface area contributed by atoms with Crippen molar-refractivity contribution < 1.29 is 9.47 Å². The second-order valence-corrected chi connectivity index (χ2v) is 16.7. The molecule has 248 valence electrons. The molecule has 4 aliphatic rings. The highest BCUT2D eigenvalue weighted by Gasteiger charge is 2.55. The van der Waals surface area contributed by atoms with Crippen LogP contribution in [-0.2, 0) is 15.8 Å². The van der Waals surface area contributed by atoms with E-state index >= 15 is 0 Å². The van der Waals surface area contributed by atoms with Crippen LogP contribution in [0.1, 0.15) is 80.3 Å². The van der Waals surface area contributed by atoms with Gasteiger partial charge in [-0.3, -0.25) is 0 Å². The van der Waals surface area contributed by atoms with Gasteiger partial charge in [-0.1, -0.05) is 124 Å². The maximum atomic E-state index is 7.67. The third-order valence-electron chi connectivity index (χ3n) is 11.8. The van der Waals surface area contributed by atoms with E-state index in [2.05, 4.69) is 149 Å². The van der Waals surface area contributed by atoms with Crippen molar-refractivity contribution in [2.45, 2.75) is 64.9 Å². The predicted octanol–water partition coefficient (Wildman–Crippen LogP) is 10.8. The molecular weight excluding hydrogens is 599 g/mol. The Balaban J connectivity index is 1.31. The van der Waals surface area contributed by atoms with Gasteiger partial charge in [0.05, 0.1) is 13.2 Å². The van der Waals surface area contributed by atoms with Crippen molar-refractivity contribution in [3.8, 4) is 16.9 Å². The molecule has 49 heavy (non-hydrogen) atoms. The highest BCUT2D eigenvalue weighted by molar-refractivity contribution is 6.09. The van der Waals surface area contributed by atoms with Gasteiger partial charge in [0.25, 0.3) is 0 Å². The Morgan fingerprint density at radius 1 is 0.673 bits per heavy atom. The fraction of sp³-hybridized carbons (Fsp3) is 0.348. The Labute approximate surface area is 291 Å². The van der Waals surface area contributed by atoms with Crippen molar-refractivity contribution in [2.75, 3.05) is 31.2 Å². The number of ether oxygens (including phenoxy) is 2. The van der Waals surface area contributed by atoms with Gasteiger partial charge in [0.15, 0.2) is 5.60 Å². The molecule has 0 bridgehead atoms. The lowest BCUT2D eigenvalue weighted by Gasteiger charge is -2.52. The van der Waals surface area contributed by atoms with Crippen LogP contribution in [0.4, 0.5) is 5.69 Å². The van der Waals surface area contributed by atoms with E-state index in [4.69, 9.17) is 9.47 Å². The normalized spacial score (nSPS) is 22.8. The molecule has 1 saturated heterocycles. The first kappa shape index (κ1) is 30.7. The summed E-state index contributed by atoms with van der Waals surface area (Å²) in [5, 5.41) is 2.49. The monoisotopic (exact) mass is 645 g/mol. The van der Waals surface area contributed by atoms with E-state index in [1.807, 2.05) is 0 Å². The number of rotatable bonds is 3. The number of hydrogen-bond donors (Lipinski definition) is 0. The van der Waals surface area contributed by atoms with E-state index in [1.165, 1.54) is 56.3 Å². The second kappa shape index (κ2) is 10.8. The Kier molecular flexibility index (Phi) is 6.78. The maximum absolute atomic E-state index is 7.67. The molecule has 1 saturated carbocycles. The van der Waals surface area contributed by atoms with E-state index in [0.717, 1.165) is 56.0 Å². The number of benzene rings is 5. The minimum absolute atomic E-state index is 0.0978. The lowest BCUT2D eigenvalue weighted by Crippen LogP contribution is -2.44. The number of aryl methyl sites for hydroxylation is 1. The lowest BCUT2D eigenvalue weighted by molar-refractivity contribution is 0.0642. The fourth-order valence-corrected chi connectivity index (χ4v) is 10.7. The largest absolute Gasteiger partial charge is 0.472 e. The third kappa shape index (κ3) is 4.72. The number of anilines is 1. The number of hydrogen-bond acceptors (Lipinski definition) is 3. The molecule has 0 amide bonds. The summed E-state index contributed by atoms with van der Waals surface area (Å²) >= 11 is 0. The summed E-state index contributed by atoms with van der Waals surface area (Å²) in [6.45, 7) is 15.6. The van der Waals surface area contributed by atoms with E-state index in [-0.39, 0.29) is 16.2 Å². The molecule has 9 rings (SSSR count). The van der Waals surface area contributed by atoms with E-state index in [9.17, 15) is 0 Å². The van der Waals surface area contributed by atoms with Crippen molar-refractivity contribution in [3.63, 3.8) is 0 Å². The van der Waals surface area contributed by atoms with Crippen molar-refractivity contribution in [3.05, 3.63) is 137 Å². The summed E-state index contributed by atoms with van der Waals surface area (Å²) in [4.78, 5) is 2.42. The van der Waals surface area contributed by atoms with Crippen LogP contribution >= 0.6 is 0 Å². The smallest absolute Gasteiger partial charge is 0.178 e. The van der Waals surface area contributed by atoms with Crippen LogP contribution in [0.25, 0.3) is 28.0 Å². The van der Waals surface area contributed by atoms with Crippen molar-refractivity contribution in [1.29, 1.82) is 0 Å². The molecule has 1 atom stereocenters. The minimum Gasteiger partial charge on any atom is -0.472 e. The summed E-state index contributed by atoms with van der Waals surface area (Å²) < 4.78 is 13.3. The molecule has 3 nitrogen and oxygen atoms in total. The molecule has 2 aliphatic heterocycles. The van der Waals surface area contributed by atoms with Gasteiger partial charge in [-0.25, -0.2) is 0 Å². The Morgan fingerprint density at radius 3 is 2.08 bits per heavy atom. The van der Waals surface area contributed by atoms with Crippen molar-refractivity contribution in [2.24, 2.45) is 10.8 Å². The highest BCUT2D eigenvalue weighted by atomic mass is 16.5. The molecule has 0 aromatic heterocycles. The van der Waals surface area contributed by atoms with Crippen molar-refractivity contribution in [1.82, 2.24) is 0 Å². The van der Waals surface area contributed by atoms with Crippen LogP contribution in [-0.4, -0.2) is 26.3 Å². The van der Waals surface area contributed by atoms with Gasteiger partial charge >= 0.3 is 0 Å². The molecule has 1 unspecified atom stereocenters. The van der Waals surface area contributed by atoms with Gasteiger partial charge in [0, 0.05) is 46.3 Å². The zero-order chi connectivity index (χ0) is 33.6. The third-order valence-corrected chi connectivity index (χ3v) is 11.8. The van der Waals surface area contributed by atoms with Gasteiger partial charge in [0.2, 0.25) is 0 Å². The number of morpholine rings is 1. The average molecular weight is 646 g/mol.